The summed E-state index contributed by atoms with van der Waals surface area (Å²) in [4.78, 5) is 20.1. The minimum absolute atomic E-state index is 0.0194. The molecule has 7 heteroatoms. The SMILES string of the molecule is Cc1sc2nc(SC[C@H]3CCCO3)n(-c3ccc(Cl)cc3)c(=O)c2c1C. The highest BCUT2D eigenvalue weighted by Gasteiger charge is 2.21. The van der Waals surface area contributed by atoms with Gasteiger partial charge in [-0.2, -0.15) is 0 Å². The van der Waals surface area contributed by atoms with Gasteiger partial charge in [0.1, 0.15) is 4.83 Å². The van der Waals surface area contributed by atoms with E-state index in [1.54, 1.807) is 39.8 Å². The third-order valence-corrected chi connectivity index (χ3v) is 7.10. The van der Waals surface area contributed by atoms with E-state index >= 15 is 0 Å². The van der Waals surface area contributed by atoms with Gasteiger partial charge in [-0.1, -0.05) is 23.4 Å². The molecular formula is C19H19ClN2O2S2. The molecule has 4 nitrogen and oxygen atoms in total. The molecule has 136 valence electrons. The zero-order chi connectivity index (χ0) is 18.3. The van der Waals surface area contributed by atoms with Crippen LogP contribution < -0.4 is 5.56 Å². The molecule has 1 aliphatic heterocycles. The van der Waals surface area contributed by atoms with Crippen molar-refractivity contribution in [2.75, 3.05) is 12.4 Å². The molecule has 0 unspecified atom stereocenters. The van der Waals surface area contributed by atoms with E-state index in [-0.39, 0.29) is 11.7 Å². The van der Waals surface area contributed by atoms with Gasteiger partial charge in [-0.15, -0.1) is 11.3 Å². The zero-order valence-electron chi connectivity index (χ0n) is 14.6. The van der Waals surface area contributed by atoms with Crippen LogP contribution in [-0.4, -0.2) is 28.0 Å². The first-order valence-corrected chi connectivity index (χ1v) is 10.8. The number of aryl methyl sites for hydroxylation is 2. The van der Waals surface area contributed by atoms with Crippen LogP contribution >= 0.6 is 34.7 Å². The fourth-order valence-electron chi connectivity index (χ4n) is 3.13. The zero-order valence-corrected chi connectivity index (χ0v) is 17.0. The first-order chi connectivity index (χ1) is 12.5. The molecule has 1 aromatic carbocycles. The number of hydrogen-bond acceptors (Lipinski definition) is 5. The van der Waals surface area contributed by atoms with Crippen LogP contribution in [0, 0.1) is 13.8 Å². The van der Waals surface area contributed by atoms with E-state index in [1.165, 1.54) is 0 Å². The molecule has 3 heterocycles. The van der Waals surface area contributed by atoms with E-state index in [1.807, 2.05) is 26.0 Å². The Bertz CT molecular complexity index is 1010. The van der Waals surface area contributed by atoms with E-state index in [2.05, 4.69) is 0 Å². The fourth-order valence-corrected chi connectivity index (χ4v) is 5.41. The van der Waals surface area contributed by atoms with Crippen LogP contribution in [0.2, 0.25) is 5.02 Å². The first-order valence-electron chi connectivity index (χ1n) is 8.57. The van der Waals surface area contributed by atoms with Gasteiger partial charge >= 0.3 is 0 Å². The average molecular weight is 407 g/mol. The summed E-state index contributed by atoms with van der Waals surface area (Å²) in [6.07, 6.45) is 2.40. The summed E-state index contributed by atoms with van der Waals surface area (Å²) in [5, 5.41) is 2.07. The van der Waals surface area contributed by atoms with Crippen molar-refractivity contribution in [3.05, 3.63) is 50.1 Å². The van der Waals surface area contributed by atoms with Gasteiger partial charge in [0.15, 0.2) is 5.16 Å². The number of hydrogen-bond donors (Lipinski definition) is 0. The Morgan fingerprint density at radius 3 is 2.81 bits per heavy atom. The van der Waals surface area contributed by atoms with E-state index in [0.717, 1.165) is 46.2 Å². The van der Waals surface area contributed by atoms with Gasteiger partial charge in [0.2, 0.25) is 0 Å². The van der Waals surface area contributed by atoms with Crippen LogP contribution in [0.4, 0.5) is 0 Å². The molecule has 26 heavy (non-hydrogen) atoms. The lowest BCUT2D eigenvalue weighted by Gasteiger charge is -2.14. The van der Waals surface area contributed by atoms with Crippen molar-refractivity contribution < 1.29 is 4.74 Å². The highest BCUT2D eigenvalue weighted by Crippen LogP contribution is 2.30. The van der Waals surface area contributed by atoms with Gasteiger partial charge in [0.05, 0.1) is 17.2 Å². The Morgan fingerprint density at radius 1 is 1.35 bits per heavy atom. The van der Waals surface area contributed by atoms with Crippen molar-refractivity contribution in [2.24, 2.45) is 0 Å². The van der Waals surface area contributed by atoms with E-state index in [4.69, 9.17) is 21.3 Å². The lowest BCUT2D eigenvalue weighted by atomic mass is 10.2. The molecule has 4 rings (SSSR count). The van der Waals surface area contributed by atoms with Crippen LogP contribution in [0.25, 0.3) is 15.9 Å². The molecule has 0 saturated carbocycles. The number of ether oxygens (including phenoxy) is 1. The summed E-state index contributed by atoms with van der Waals surface area (Å²) < 4.78 is 7.43. The second-order valence-corrected chi connectivity index (χ2v) is 9.05. The molecule has 0 spiro atoms. The molecule has 0 radical (unpaired) electrons. The number of aromatic nitrogens is 2. The summed E-state index contributed by atoms with van der Waals surface area (Å²) in [6.45, 7) is 4.85. The third-order valence-electron chi connectivity index (χ3n) is 4.68. The summed E-state index contributed by atoms with van der Waals surface area (Å²) >= 11 is 9.20. The van der Waals surface area contributed by atoms with Gasteiger partial charge in [0.25, 0.3) is 5.56 Å². The molecule has 1 aliphatic rings. The van der Waals surface area contributed by atoms with Crippen molar-refractivity contribution in [1.29, 1.82) is 0 Å². The van der Waals surface area contributed by atoms with Crippen LogP contribution in [0.1, 0.15) is 23.3 Å². The van der Waals surface area contributed by atoms with E-state index < -0.39 is 0 Å². The Hall–Kier alpha value is -1.34. The lowest BCUT2D eigenvalue weighted by Crippen LogP contribution is -2.22. The molecular weight excluding hydrogens is 388 g/mol. The van der Waals surface area contributed by atoms with Gasteiger partial charge in [0, 0.05) is 22.3 Å². The van der Waals surface area contributed by atoms with Gasteiger partial charge in [-0.25, -0.2) is 4.98 Å². The first kappa shape index (κ1) is 18.0. The quantitative estimate of drug-likeness (QED) is 0.452. The molecule has 1 saturated heterocycles. The number of thiophene rings is 1. The largest absolute Gasteiger partial charge is 0.377 e. The van der Waals surface area contributed by atoms with Gasteiger partial charge in [-0.05, 0) is 56.5 Å². The van der Waals surface area contributed by atoms with Crippen LogP contribution in [0.5, 0.6) is 0 Å². The molecule has 0 aliphatic carbocycles. The second kappa shape index (κ2) is 7.35. The van der Waals surface area contributed by atoms with Gasteiger partial charge in [-0.3, -0.25) is 9.36 Å². The number of benzene rings is 1. The predicted octanol–water partition coefficient (Wildman–Crippen LogP) is 4.99. The highest BCUT2D eigenvalue weighted by atomic mass is 35.5. The minimum Gasteiger partial charge on any atom is -0.377 e. The molecule has 2 aromatic heterocycles. The molecule has 0 N–H and O–H groups in total. The van der Waals surface area contributed by atoms with Gasteiger partial charge < -0.3 is 4.74 Å². The second-order valence-electron chi connectivity index (χ2n) is 6.42. The Morgan fingerprint density at radius 2 is 2.12 bits per heavy atom. The smallest absolute Gasteiger partial charge is 0.267 e. The van der Waals surface area contributed by atoms with Crippen molar-refractivity contribution in [1.82, 2.24) is 9.55 Å². The summed E-state index contributed by atoms with van der Waals surface area (Å²) in [5.41, 5.74) is 1.78. The fraction of sp³-hybridized carbons (Fsp3) is 0.368. The van der Waals surface area contributed by atoms with Crippen molar-refractivity contribution >= 4 is 44.9 Å². The monoisotopic (exact) mass is 406 g/mol. The molecule has 1 atom stereocenters. The number of rotatable bonds is 4. The topological polar surface area (TPSA) is 44.1 Å². The maximum Gasteiger partial charge on any atom is 0.267 e. The van der Waals surface area contributed by atoms with E-state index in [0.29, 0.717) is 15.6 Å². The average Bonchev–Trinajstić information content (AvgIpc) is 3.23. The maximum atomic E-state index is 13.3. The molecule has 0 amide bonds. The third kappa shape index (κ3) is 3.31. The van der Waals surface area contributed by atoms with Crippen LogP contribution in [0.15, 0.2) is 34.2 Å². The van der Waals surface area contributed by atoms with Crippen LogP contribution in [-0.2, 0) is 4.74 Å². The molecule has 1 fully saturated rings. The Kier molecular flexibility index (Phi) is 5.10. The van der Waals surface area contributed by atoms with Crippen molar-refractivity contribution in [3.8, 4) is 5.69 Å². The van der Waals surface area contributed by atoms with Crippen molar-refractivity contribution in [2.45, 2.75) is 37.9 Å². The van der Waals surface area contributed by atoms with E-state index in [9.17, 15) is 4.79 Å². The number of thioether (sulfide) groups is 1. The normalized spacial score (nSPS) is 17.3. The number of nitrogens with zero attached hydrogens (tertiary/aromatic N) is 2. The van der Waals surface area contributed by atoms with Crippen LogP contribution in [0.3, 0.4) is 0 Å². The standard InChI is InChI=1S/C19H19ClN2O2S2/c1-11-12(2)26-17-16(11)18(23)22(14-7-5-13(20)6-8-14)19(21-17)25-10-15-4-3-9-24-15/h5-8,15H,3-4,9-10H2,1-2H3/t15-/m1/s1. The minimum atomic E-state index is -0.0194. The number of fused-ring (bicyclic) bond motifs is 1. The predicted molar refractivity (Wildman–Crippen MR) is 109 cm³/mol. The molecule has 3 aromatic rings. The number of halogens is 1. The maximum absolute atomic E-state index is 13.3. The summed E-state index contributed by atoms with van der Waals surface area (Å²) in [7, 11) is 0. The molecule has 0 bridgehead atoms. The Labute approximate surface area is 165 Å². The lowest BCUT2D eigenvalue weighted by molar-refractivity contribution is 0.129. The highest BCUT2D eigenvalue weighted by molar-refractivity contribution is 7.99. The Balaban J connectivity index is 1.85. The van der Waals surface area contributed by atoms with Crippen molar-refractivity contribution in [3.63, 3.8) is 0 Å². The summed E-state index contributed by atoms with van der Waals surface area (Å²) in [6, 6.07) is 7.32. The summed E-state index contributed by atoms with van der Waals surface area (Å²) in [5.74, 6) is 0.800.